The molecular weight excluding hydrogens is 268 g/mol. The highest BCUT2D eigenvalue weighted by Crippen LogP contribution is 2.32. The topological polar surface area (TPSA) is 74.6 Å². The number of aliphatic hydroxyl groups excluding tert-OH is 1. The number of rotatable bonds is 7. The standard InChI is InChI=1S/C17H20O4/c18-14(10-12-4-2-1-3-5-12)8-6-13-7-9-16(19)15(13)11-17(20)21/h1-5,7,15-16,19H,6,8-11H2,(H,20,21). The first-order valence-corrected chi connectivity index (χ1v) is 7.20. The van der Waals surface area contributed by atoms with Gasteiger partial charge in [0.05, 0.1) is 12.5 Å². The molecule has 112 valence electrons. The van der Waals surface area contributed by atoms with Crippen LogP contribution >= 0.6 is 0 Å². The fraction of sp³-hybridized carbons (Fsp3) is 0.412. The summed E-state index contributed by atoms with van der Waals surface area (Å²) in [5.74, 6) is -1.12. The number of aliphatic carboxylic acids is 1. The van der Waals surface area contributed by atoms with E-state index < -0.39 is 12.1 Å². The molecule has 4 heteroatoms. The molecule has 0 fully saturated rings. The van der Waals surface area contributed by atoms with Crippen LogP contribution in [0.4, 0.5) is 0 Å². The highest BCUT2D eigenvalue weighted by Gasteiger charge is 2.29. The van der Waals surface area contributed by atoms with Crippen molar-refractivity contribution in [1.29, 1.82) is 0 Å². The molecule has 4 nitrogen and oxygen atoms in total. The average Bonchev–Trinajstić information content (AvgIpc) is 2.78. The van der Waals surface area contributed by atoms with E-state index >= 15 is 0 Å². The van der Waals surface area contributed by atoms with Crippen molar-refractivity contribution in [3.63, 3.8) is 0 Å². The summed E-state index contributed by atoms with van der Waals surface area (Å²) in [6.07, 6.45) is 3.01. The van der Waals surface area contributed by atoms with Crippen molar-refractivity contribution in [3.8, 4) is 0 Å². The molecule has 2 atom stereocenters. The maximum atomic E-state index is 12.0. The van der Waals surface area contributed by atoms with E-state index in [1.54, 1.807) is 0 Å². The van der Waals surface area contributed by atoms with Crippen molar-refractivity contribution >= 4 is 11.8 Å². The van der Waals surface area contributed by atoms with Gasteiger partial charge in [-0.05, 0) is 18.4 Å². The molecule has 2 rings (SSSR count). The molecule has 1 aliphatic carbocycles. The van der Waals surface area contributed by atoms with E-state index in [2.05, 4.69) is 0 Å². The van der Waals surface area contributed by atoms with Gasteiger partial charge in [-0.3, -0.25) is 9.59 Å². The SMILES string of the molecule is O=C(O)CC1C(CCC(=O)Cc2ccccc2)=CCC1O. The molecule has 2 unspecified atom stereocenters. The smallest absolute Gasteiger partial charge is 0.304 e. The van der Waals surface area contributed by atoms with Crippen LogP contribution in [-0.2, 0) is 16.0 Å². The second-order valence-electron chi connectivity index (χ2n) is 5.49. The number of Topliss-reactive ketones (excluding diaryl/α,β-unsaturated/α-hetero) is 1. The number of hydrogen-bond donors (Lipinski definition) is 2. The van der Waals surface area contributed by atoms with E-state index in [0.717, 1.165) is 11.1 Å². The second-order valence-corrected chi connectivity index (χ2v) is 5.49. The summed E-state index contributed by atoms with van der Waals surface area (Å²) in [6.45, 7) is 0. The van der Waals surface area contributed by atoms with Gasteiger partial charge in [-0.25, -0.2) is 0 Å². The Hall–Kier alpha value is -1.94. The third-order valence-electron chi connectivity index (χ3n) is 3.89. The van der Waals surface area contributed by atoms with Crippen LogP contribution in [0.15, 0.2) is 42.0 Å². The Morgan fingerprint density at radius 1 is 1.19 bits per heavy atom. The lowest BCUT2D eigenvalue weighted by molar-refractivity contribution is -0.138. The van der Waals surface area contributed by atoms with Crippen molar-refractivity contribution in [2.45, 2.75) is 38.2 Å². The van der Waals surface area contributed by atoms with Gasteiger partial charge in [0.2, 0.25) is 0 Å². The maximum Gasteiger partial charge on any atom is 0.304 e. The van der Waals surface area contributed by atoms with Gasteiger partial charge < -0.3 is 10.2 Å². The van der Waals surface area contributed by atoms with E-state index in [0.29, 0.717) is 25.7 Å². The molecule has 0 aromatic heterocycles. The summed E-state index contributed by atoms with van der Waals surface area (Å²) < 4.78 is 0. The van der Waals surface area contributed by atoms with E-state index in [-0.39, 0.29) is 18.1 Å². The normalized spacial score (nSPS) is 21.1. The van der Waals surface area contributed by atoms with Gasteiger partial charge in [0, 0.05) is 18.8 Å². The first-order chi connectivity index (χ1) is 10.1. The van der Waals surface area contributed by atoms with Crippen LogP contribution in [0.2, 0.25) is 0 Å². The third kappa shape index (κ3) is 4.53. The summed E-state index contributed by atoms with van der Waals surface area (Å²) in [5.41, 5.74) is 1.90. The zero-order valence-electron chi connectivity index (χ0n) is 11.9. The minimum absolute atomic E-state index is 0.0696. The number of carbonyl (C=O) groups excluding carboxylic acids is 1. The fourth-order valence-electron chi connectivity index (χ4n) is 2.77. The Morgan fingerprint density at radius 2 is 1.90 bits per heavy atom. The average molecular weight is 288 g/mol. The van der Waals surface area contributed by atoms with Gasteiger partial charge >= 0.3 is 5.97 Å². The molecule has 2 N–H and O–H groups in total. The van der Waals surface area contributed by atoms with Crippen LogP contribution in [0.25, 0.3) is 0 Å². The summed E-state index contributed by atoms with van der Waals surface area (Å²) in [6, 6.07) is 9.56. The number of carboxylic acids is 1. The molecule has 21 heavy (non-hydrogen) atoms. The first kappa shape index (κ1) is 15.4. The molecule has 0 radical (unpaired) electrons. The lowest BCUT2D eigenvalue weighted by Gasteiger charge is -2.16. The summed E-state index contributed by atoms with van der Waals surface area (Å²) in [7, 11) is 0. The molecule has 0 amide bonds. The van der Waals surface area contributed by atoms with Crippen LogP contribution in [0.5, 0.6) is 0 Å². The first-order valence-electron chi connectivity index (χ1n) is 7.20. The summed E-state index contributed by atoms with van der Waals surface area (Å²) in [5, 5.41) is 18.7. The zero-order valence-corrected chi connectivity index (χ0v) is 11.9. The number of ketones is 1. The summed E-state index contributed by atoms with van der Waals surface area (Å²) >= 11 is 0. The highest BCUT2D eigenvalue weighted by molar-refractivity contribution is 5.81. The Balaban J connectivity index is 1.84. The van der Waals surface area contributed by atoms with Crippen molar-refractivity contribution in [1.82, 2.24) is 0 Å². The lowest BCUT2D eigenvalue weighted by atomic mass is 9.91. The Morgan fingerprint density at radius 3 is 2.57 bits per heavy atom. The molecule has 0 heterocycles. The molecule has 0 aliphatic heterocycles. The van der Waals surface area contributed by atoms with Gasteiger partial charge in [0.1, 0.15) is 5.78 Å². The van der Waals surface area contributed by atoms with Gasteiger partial charge in [0.25, 0.3) is 0 Å². The van der Waals surface area contributed by atoms with Gasteiger partial charge in [-0.2, -0.15) is 0 Å². The largest absolute Gasteiger partial charge is 0.481 e. The van der Waals surface area contributed by atoms with Gasteiger partial charge in [-0.15, -0.1) is 0 Å². The predicted molar refractivity (Wildman–Crippen MR) is 78.8 cm³/mol. The van der Waals surface area contributed by atoms with Crippen LogP contribution in [0, 0.1) is 5.92 Å². The molecule has 1 aliphatic rings. The number of aliphatic hydroxyl groups is 1. The minimum atomic E-state index is -0.914. The monoisotopic (exact) mass is 288 g/mol. The van der Waals surface area contributed by atoms with Crippen LogP contribution in [0.1, 0.15) is 31.2 Å². The number of hydrogen-bond acceptors (Lipinski definition) is 3. The molecule has 0 spiro atoms. The molecular formula is C17H20O4. The molecule has 0 saturated carbocycles. The molecule has 1 aromatic carbocycles. The molecule has 1 aromatic rings. The Kier molecular flexibility index (Phi) is 5.28. The van der Waals surface area contributed by atoms with Crippen LogP contribution in [0.3, 0.4) is 0 Å². The zero-order chi connectivity index (χ0) is 15.2. The van der Waals surface area contributed by atoms with E-state index in [1.807, 2.05) is 36.4 Å². The quantitative estimate of drug-likeness (QED) is 0.755. The lowest BCUT2D eigenvalue weighted by Crippen LogP contribution is -2.20. The minimum Gasteiger partial charge on any atom is -0.481 e. The highest BCUT2D eigenvalue weighted by atomic mass is 16.4. The molecule has 0 saturated heterocycles. The Labute approximate surface area is 124 Å². The number of carboxylic acid groups (broad SMARTS) is 1. The predicted octanol–water partition coefficient (Wildman–Crippen LogP) is 2.36. The van der Waals surface area contributed by atoms with Crippen molar-refractivity contribution in [2.24, 2.45) is 5.92 Å². The van der Waals surface area contributed by atoms with Gasteiger partial charge in [0.15, 0.2) is 0 Å². The van der Waals surface area contributed by atoms with E-state index in [1.165, 1.54) is 0 Å². The third-order valence-corrected chi connectivity index (χ3v) is 3.89. The van der Waals surface area contributed by atoms with Crippen molar-refractivity contribution in [2.75, 3.05) is 0 Å². The van der Waals surface area contributed by atoms with Crippen molar-refractivity contribution in [3.05, 3.63) is 47.5 Å². The van der Waals surface area contributed by atoms with Crippen LogP contribution in [-0.4, -0.2) is 28.1 Å². The second kappa shape index (κ2) is 7.18. The van der Waals surface area contributed by atoms with Crippen molar-refractivity contribution < 1.29 is 19.8 Å². The Bertz CT molecular complexity index is 533. The molecule has 0 bridgehead atoms. The van der Waals surface area contributed by atoms with E-state index in [4.69, 9.17) is 5.11 Å². The fourth-order valence-corrected chi connectivity index (χ4v) is 2.77. The number of carbonyl (C=O) groups is 2. The van der Waals surface area contributed by atoms with Crippen LogP contribution < -0.4 is 0 Å². The summed E-state index contributed by atoms with van der Waals surface area (Å²) in [4.78, 5) is 22.8. The maximum absolute atomic E-state index is 12.0. The van der Waals surface area contributed by atoms with E-state index in [9.17, 15) is 14.7 Å². The van der Waals surface area contributed by atoms with Gasteiger partial charge in [-0.1, -0.05) is 42.0 Å². The number of benzene rings is 1.